The van der Waals surface area contributed by atoms with Gasteiger partial charge in [0.25, 0.3) is 0 Å². The maximum Gasteiger partial charge on any atom is 0.417 e. The highest BCUT2D eigenvalue weighted by molar-refractivity contribution is 5.76. The third-order valence-electron chi connectivity index (χ3n) is 2.48. The maximum atomic E-state index is 12.9. The highest BCUT2D eigenvalue weighted by Gasteiger charge is 2.34. The molecular formula is C12H8F3NO3. The van der Waals surface area contributed by atoms with E-state index in [1.807, 2.05) is 0 Å². The molecule has 1 heterocycles. The predicted octanol–water partition coefficient (Wildman–Crippen LogP) is 2.99. The molecule has 1 aromatic carbocycles. The van der Waals surface area contributed by atoms with E-state index in [9.17, 15) is 18.0 Å². The first-order valence-electron chi connectivity index (χ1n) is 5.21. The lowest BCUT2D eigenvalue weighted by atomic mass is 9.99. The molecule has 0 radical (unpaired) electrons. The number of carboxylic acid groups (broad SMARTS) is 1. The van der Waals surface area contributed by atoms with E-state index in [0.29, 0.717) is 0 Å². The minimum absolute atomic E-state index is 0.0373. The van der Waals surface area contributed by atoms with Crippen LogP contribution >= 0.6 is 0 Å². The Bertz CT molecular complexity index is 604. The monoisotopic (exact) mass is 271 g/mol. The Labute approximate surface area is 105 Å². The zero-order valence-electron chi connectivity index (χ0n) is 9.44. The summed E-state index contributed by atoms with van der Waals surface area (Å²) in [4.78, 5) is 10.6. The van der Waals surface area contributed by atoms with Crippen molar-refractivity contribution in [2.45, 2.75) is 12.6 Å². The van der Waals surface area contributed by atoms with Crippen molar-refractivity contribution >= 4 is 5.97 Å². The Morgan fingerprint density at radius 1 is 1.26 bits per heavy atom. The minimum atomic E-state index is -4.53. The van der Waals surface area contributed by atoms with Gasteiger partial charge in [-0.3, -0.25) is 4.79 Å². The third-order valence-corrected chi connectivity index (χ3v) is 2.48. The van der Waals surface area contributed by atoms with Crippen molar-refractivity contribution in [3.63, 3.8) is 0 Å². The minimum Gasteiger partial charge on any atom is -0.481 e. The molecule has 0 amide bonds. The Balaban J connectivity index is 2.54. The van der Waals surface area contributed by atoms with Gasteiger partial charge in [-0.25, -0.2) is 0 Å². The molecular weight excluding hydrogens is 263 g/mol. The number of hydrogen-bond donors (Lipinski definition) is 1. The molecule has 2 rings (SSSR count). The standard InChI is InChI=1S/C12H8F3NO3/c13-12(14,15)9-4-2-1-3-7(9)8-6-16-19-10(8)5-11(17)18/h1-4,6H,5H2,(H,17,18). The first kappa shape index (κ1) is 13.1. The lowest BCUT2D eigenvalue weighted by Gasteiger charge is -2.11. The van der Waals surface area contributed by atoms with E-state index >= 15 is 0 Å². The lowest BCUT2D eigenvalue weighted by Crippen LogP contribution is -2.07. The average molecular weight is 271 g/mol. The molecule has 0 fully saturated rings. The topological polar surface area (TPSA) is 63.3 Å². The summed E-state index contributed by atoms with van der Waals surface area (Å²) in [7, 11) is 0. The number of halogens is 3. The molecule has 1 N–H and O–H groups in total. The Hall–Kier alpha value is -2.31. The fraction of sp³-hybridized carbons (Fsp3) is 0.167. The largest absolute Gasteiger partial charge is 0.481 e. The number of rotatable bonds is 3. The summed E-state index contributed by atoms with van der Waals surface area (Å²) >= 11 is 0. The van der Waals surface area contributed by atoms with Crippen molar-refractivity contribution < 1.29 is 27.6 Å². The normalized spacial score (nSPS) is 11.5. The molecule has 100 valence electrons. The number of nitrogens with zero attached hydrogens (tertiary/aromatic N) is 1. The van der Waals surface area contributed by atoms with Crippen LogP contribution in [0.15, 0.2) is 35.0 Å². The van der Waals surface area contributed by atoms with Gasteiger partial charge in [-0.05, 0) is 11.6 Å². The van der Waals surface area contributed by atoms with E-state index in [2.05, 4.69) is 5.16 Å². The lowest BCUT2D eigenvalue weighted by molar-refractivity contribution is -0.137. The summed E-state index contributed by atoms with van der Waals surface area (Å²) < 4.78 is 43.3. The van der Waals surface area contributed by atoms with Gasteiger partial charge in [-0.1, -0.05) is 23.4 Å². The van der Waals surface area contributed by atoms with Gasteiger partial charge >= 0.3 is 12.1 Å². The summed E-state index contributed by atoms with van der Waals surface area (Å²) in [6, 6.07) is 4.87. The number of aromatic nitrogens is 1. The Kier molecular flexibility index (Phi) is 3.28. The molecule has 0 saturated carbocycles. The van der Waals surface area contributed by atoms with Crippen LogP contribution in [-0.2, 0) is 17.4 Å². The SMILES string of the molecule is O=C(O)Cc1oncc1-c1ccccc1C(F)(F)F. The Morgan fingerprint density at radius 3 is 2.58 bits per heavy atom. The van der Waals surface area contributed by atoms with Crippen LogP contribution in [-0.4, -0.2) is 16.2 Å². The van der Waals surface area contributed by atoms with Crippen molar-refractivity contribution in [1.29, 1.82) is 0 Å². The van der Waals surface area contributed by atoms with Crippen molar-refractivity contribution in [1.82, 2.24) is 5.16 Å². The Morgan fingerprint density at radius 2 is 1.95 bits per heavy atom. The van der Waals surface area contributed by atoms with Crippen LogP contribution in [0.4, 0.5) is 13.2 Å². The summed E-state index contributed by atoms with van der Waals surface area (Å²) in [5, 5.41) is 12.0. The number of alkyl halides is 3. The molecule has 0 atom stereocenters. The van der Waals surface area contributed by atoms with Gasteiger partial charge in [0.05, 0.1) is 11.8 Å². The molecule has 0 aliphatic carbocycles. The quantitative estimate of drug-likeness (QED) is 0.932. The van der Waals surface area contributed by atoms with Crippen LogP contribution in [0.3, 0.4) is 0 Å². The molecule has 0 unspecified atom stereocenters. The maximum absolute atomic E-state index is 12.9. The molecule has 0 saturated heterocycles. The van der Waals surface area contributed by atoms with E-state index < -0.39 is 24.1 Å². The molecule has 0 aliphatic rings. The van der Waals surface area contributed by atoms with Crippen LogP contribution in [0, 0.1) is 0 Å². The van der Waals surface area contributed by atoms with Crippen molar-refractivity contribution in [3.8, 4) is 11.1 Å². The second kappa shape index (κ2) is 4.75. The van der Waals surface area contributed by atoms with Crippen molar-refractivity contribution in [3.05, 3.63) is 41.8 Å². The van der Waals surface area contributed by atoms with Crippen LogP contribution in [0.1, 0.15) is 11.3 Å². The average Bonchev–Trinajstić information content (AvgIpc) is 2.75. The van der Waals surface area contributed by atoms with Gasteiger partial charge in [0.15, 0.2) is 5.76 Å². The van der Waals surface area contributed by atoms with E-state index in [0.717, 1.165) is 12.3 Å². The highest BCUT2D eigenvalue weighted by atomic mass is 19.4. The van der Waals surface area contributed by atoms with E-state index in [1.165, 1.54) is 18.2 Å². The van der Waals surface area contributed by atoms with Crippen LogP contribution < -0.4 is 0 Å². The van der Waals surface area contributed by atoms with Gasteiger partial charge in [0.1, 0.15) is 6.42 Å². The summed E-state index contributed by atoms with van der Waals surface area (Å²) in [6.07, 6.45) is -3.97. The van der Waals surface area contributed by atoms with E-state index in [-0.39, 0.29) is 16.9 Å². The van der Waals surface area contributed by atoms with Gasteiger partial charge in [0.2, 0.25) is 0 Å². The predicted molar refractivity (Wildman–Crippen MR) is 58.3 cm³/mol. The van der Waals surface area contributed by atoms with Crippen LogP contribution in [0.25, 0.3) is 11.1 Å². The van der Waals surface area contributed by atoms with Gasteiger partial charge in [0, 0.05) is 5.56 Å². The number of carbonyl (C=O) groups is 1. The fourth-order valence-corrected chi connectivity index (χ4v) is 1.71. The molecule has 0 aliphatic heterocycles. The number of benzene rings is 1. The number of aliphatic carboxylic acids is 1. The van der Waals surface area contributed by atoms with E-state index in [1.54, 1.807) is 0 Å². The van der Waals surface area contributed by atoms with Crippen molar-refractivity contribution in [2.24, 2.45) is 0 Å². The zero-order valence-corrected chi connectivity index (χ0v) is 9.44. The molecule has 0 spiro atoms. The number of hydrogen-bond acceptors (Lipinski definition) is 3. The van der Waals surface area contributed by atoms with Gasteiger partial charge in [-0.2, -0.15) is 13.2 Å². The second-order valence-electron chi connectivity index (χ2n) is 3.78. The molecule has 2 aromatic rings. The zero-order chi connectivity index (χ0) is 14.0. The second-order valence-corrected chi connectivity index (χ2v) is 3.78. The van der Waals surface area contributed by atoms with Crippen molar-refractivity contribution in [2.75, 3.05) is 0 Å². The molecule has 7 heteroatoms. The molecule has 1 aromatic heterocycles. The molecule has 19 heavy (non-hydrogen) atoms. The summed E-state index contributed by atoms with van der Waals surface area (Å²) in [5.41, 5.74) is -0.965. The van der Waals surface area contributed by atoms with Crippen LogP contribution in [0.5, 0.6) is 0 Å². The fourth-order valence-electron chi connectivity index (χ4n) is 1.71. The highest BCUT2D eigenvalue weighted by Crippen LogP contribution is 2.38. The summed E-state index contributed by atoms with van der Waals surface area (Å²) in [5.74, 6) is -1.31. The van der Waals surface area contributed by atoms with Crippen LogP contribution in [0.2, 0.25) is 0 Å². The molecule has 0 bridgehead atoms. The summed E-state index contributed by atoms with van der Waals surface area (Å²) in [6.45, 7) is 0. The third kappa shape index (κ3) is 2.75. The van der Waals surface area contributed by atoms with Gasteiger partial charge in [-0.15, -0.1) is 0 Å². The molecule has 4 nitrogen and oxygen atoms in total. The smallest absolute Gasteiger partial charge is 0.417 e. The first-order chi connectivity index (χ1) is 8.89. The van der Waals surface area contributed by atoms with E-state index in [4.69, 9.17) is 9.63 Å². The number of carboxylic acids is 1. The van der Waals surface area contributed by atoms with Gasteiger partial charge < -0.3 is 9.63 Å². The first-order valence-corrected chi connectivity index (χ1v) is 5.21.